The molecule has 0 spiro atoms. The quantitative estimate of drug-likeness (QED) is 0.641. The molecular formula is C26H36N6O. The number of methoxy groups -OCH3 is 1. The number of benzene rings is 1. The van der Waals surface area contributed by atoms with Gasteiger partial charge in [0.25, 0.3) is 0 Å². The first kappa shape index (κ1) is 23.5. The summed E-state index contributed by atoms with van der Waals surface area (Å²) in [5, 5.41) is 8.97. The molecule has 7 heteroatoms. The van der Waals surface area contributed by atoms with Crippen LogP contribution in [0.15, 0.2) is 36.7 Å². The fourth-order valence-electron chi connectivity index (χ4n) is 5.26. The minimum atomic E-state index is 0.461. The molecule has 3 heterocycles. The monoisotopic (exact) mass is 448 g/mol. The van der Waals surface area contributed by atoms with Gasteiger partial charge in [-0.1, -0.05) is 12.1 Å². The first-order chi connectivity index (χ1) is 16.1. The summed E-state index contributed by atoms with van der Waals surface area (Å²) in [6.45, 7) is 11.0. The number of hydrogen-bond acceptors (Lipinski definition) is 7. The zero-order chi connectivity index (χ0) is 23.2. The van der Waals surface area contributed by atoms with Crippen LogP contribution in [0.5, 0.6) is 5.75 Å². The summed E-state index contributed by atoms with van der Waals surface area (Å²) >= 11 is 0. The zero-order valence-electron chi connectivity index (χ0n) is 20.2. The molecule has 1 aromatic heterocycles. The second kappa shape index (κ2) is 11.0. The van der Waals surface area contributed by atoms with Gasteiger partial charge in [0.1, 0.15) is 11.8 Å². The Hall–Kier alpha value is -2.69. The summed E-state index contributed by atoms with van der Waals surface area (Å²) in [6, 6.07) is 11.5. The average Bonchev–Trinajstić information content (AvgIpc) is 2.85. The highest BCUT2D eigenvalue weighted by Gasteiger charge is 2.31. The summed E-state index contributed by atoms with van der Waals surface area (Å²) < 4.78 is 5.27. The van der Waals surface area contributed by atoms with E-state index < -0.39 is 0 Å². The molecule has 176 valence electrons. The molecule has 0 radical (unpaired) electrons. The van der Waals surface area contributed by atoms with Crippen molar-refractivity contribution in [1.82, 2.24) is 19.8 Å². The molecule has 2 atom stereocenters. The third kappa shape index (κ3) is 6.01. The Morgan fingerprint density at radius 3 is 2.24 bits per heavy atom. The molecule has 2 fully saturated rings. The molecule has 0 saturated carbocycles. The van der Waals surface area contributed by atoms with Gasteiger partial charge in [0, 0.05) is 31.7 Å². The zero-order valence-corrected chi connectivity index (χ0v) is 20.2. The number of hydrogen-bond donors (Lipinski definition) is 0. The maximum atomic E-state index is 8.97. The van der Waals surface area contributed by atoms with Crippen LogP contribution in [0.3, 0.4) is 0 Å². The van der Waals surface area contributed by atoms with E-state index in [2.05, 4.69) is 68.8 Å². The Kier molecular flexibility index (Phi) is 7.79. The number of rotatable bonds is 7. The lowest BCUT2D eigenvalue weighted by Gasteiger charge is -2.45. The molecule has 0 amide bonds. The topological polar surface area (TPSA) is 68.5 Å². The molecule has 2 aliphatic rings. The maximum absolute atomic E-state index is 8.97. The van der Waals surface area contributed by atoms with Crippen LogP contribution in [-0.2, 0) is 6.54 Å². The number of nitriles is 1. The number of piperazine rings is 1. The van der Waals surface area contributed by atoms with Gasteiger partial charge in [-0.2, -0.15) is 5.26 Å². The SMILES string of the molecule is COc1ccc(CN2CCC(CCN3[C@H](C)CN(c4ncc(C#N)cn4)C[C@@H]3C)CC2)cc1. The van der Waals surface area contributed by atoms with Gasteiger partial charge >= 0.3 is 0 Å². The Bertz CT molecular complexity index is 905. The van der Waals surface area contributed by atoms with Crippen LogP contribution < -0.4 is 9.64 Å². The van der Waals surface area contributed by atoms with E-state index in [-0.39, 0.29) is 0 Å². The molecule has 4 rings (SSSR count). The van der Waals surface area contributed by atoms with Gasteiger partial charge < -0.3 is 9.64 Å². The van der Waals surface area contributed by atoms with Crippen molar-refractivity contribution in [3.05, 3.63) is 47.8 Å². The van der Waals surface area contributed by atoms with Crippen molar-refractivity contribution in [2.24, 2.45) is 5.92 Å². The van der Waals surface area contributed by atoms with E-state index >= 15 is 0 Å². The summed E-state index contributed by atoms with van der Waals surface area (Å²) in [5.74, 6) is 2.47. The van der Waals surface area contributed by atoms with E-state index in [9.17, 15) is 0 Å². The van der Waals surface area contributed by atoms with E-state index in [0.717, 1.165) is 43.8 Å². The average molecular weight is 449 g/mol. The molecule has 2 saturated heterocycles. The molecule has 2 aromatic rings. The van der Waals surface area contributed by atoms with Crippen molar-refractivity contribution in [3.63, 3.8) is 0 Å². The number of anilines is 1. The van der Waals surface area contributed by atoms with E-state index in [1.807, 2.05) is 0 Å². The summed E-state index contributed by atoms with van der Waals surface area (Å²) in [4.78, 5) is 16.3. The van der Waals surface area contributed by atoms with Crippen LogP contribution in [-0.4, -0.2) is 71.7 Å². The van der Waals surface area contributed by atoms with Crippen molar-refractivity contribution in [1.29, 1.82) is 5.26 Å². The van der Waals surface area contributed by atoms with Crippen molar-refractivity contribution in [2.45, 2.75) is 51.7 Å². The summed E-state index contributed by atoms with van der Waals surface area (Å²) in [6.07, 6.45) is 7.09. The smallest absolute Gasteiger partial charge is 0.225 e. The van der Waals surface area contributed by atoms with Gasteiger partial charge in [0.2, 0.25) is 5.95 Å². The van der Waals surface area contributed by atoms with E-state index in [4.69, 9.17) is 10.00 Å². The van der Waals surface area contributed by atoms with Crippen LogP contribution in [0.2, 0.25) is 0 Å². The van der Waals surface area contributed by atoms with Gasteiger partial charge in [0.15, 0.2) is 0 Å². The van der Waals surface area contributed by atoms with Crippen LogP contribution >= 0.6 is 0 Å². The lowest BCUT2D eigenvalue weighted by Crippen LogP contribution is -2.57. The highest BCUT2D eigenvalue weighted by Crippen LogP contribution is 2.25. The normalized spacial score (nSPS) is 22.8. The van der Waals surface area contributed by atoms with Gasteiger partial charge in [-0.3, -0.25) is 9.80 Å². The molecule has 0 N–H and O–H groups in total. The molecule has 0 unspecified atom stereocenters. The van der Waals surface area contributed by atoms with Crippen molar-refractivity contribution < 1.29 is 4.74 Å². The third-order valence-electron chi connectivity index (χ3n) is 7.22. The lowest BCUT2D eigenvalue weighted by molar-refractivity contribution is 0.107. The van der Waals surface area contributed by atoms with E-state index in [1.54, 1.807) is 19.5 Å². The first-order valence-electron chi connectivity index (χ1n) is 12.1. The fraction of sp³-hybridized carbons (Fsp3) is 0.577. The molecule has 7 nitrogen and oxygen atoms in total. The third-order valence-corrected chi connectivity index (χ3v) is 7.22. The Morgan fingerprint density at radius 1 is 1.03 bits per heavy atom. The van der Waals surface area contributed by atoms with Crippen LogP contribution in [0.25, 0.3) is 0 Å². The fourth-order valence-corrected chi connectivity index (χ4v) is 5.26. The first-order valence-corrected chi connectivity index (χ1v) is 12.1. The van der Waals surface area contributed by atoms with Crippen molar-refractivity contribution in [3.8, 4) is 11.8 Å². The summed E-state index contributed by atoms with van der Waals surface area (Å²) in [5.41, 5.74) is 1.87. The molecule has 2 aliphatic heterocycles. The maximum Gasteiger partial charge on any atom is 0.225 e. The van der Waals surface area contributed by atoms with Gasteiger partial charge in [-0.15, -0.1) is 0 Å². The molecule has 0 bridgehead atoms. The molecule has 33 heavy (non-hydrogen) atoms. The highest BCUT2D eigenvalue weighted by atomic mass is 16.5. The van der Waals surface area contributed by atoms with E-state index in [1.165, 1.54) is 37.9 Å². The largest absolute Gasteiger partial charge is 0.497 e. The number of ether oxygens (including phenoxy) is 1. The predicted molar refractivity (Wildman–Crippen MR) is 130 cm³/mol. The number of aromatic nitrogens is 2. The highest BCUT2D eigenvalue weighted by molar-refractivity contribution is 5.34. The Balaban J connectivity index is 1.21. The second-order valence-corrected chi connectivity index (χ2v) is 9.58. The van der Waals surface area contributed by atoms with Crippen LogP contribution in [0.4, 0.5) is 5.95 Å². The minimum Gasteiger partial charge on any atom is -0.497 e. The van der Waals surface area contributed by atoms with Gasteiger partial charge in [-0.05, 0) is 76.4 Å². The number of nitrogens with zero attached hydrogens (tertiary/aromatic N) is 6. The van der Waals surface area contributed by atoms with Gasteiger partial charge in [-0.25, -0.2) is 9.97 Å². The lowest BCUT2D eigenvalue weighted by atomic mass is 9.92. The Morgan fingerprint density at radius 2 is 1.67 bits per heavy atom. The van der Waals surface area contributed by atoms with Gasteiger partial charge in [0.05, 0.1) is 25.1 Å². The Labute approximate surface area is 198 Å². The molecule has 0 aliphatic carbocycles. The van der Waals surface area contributed by atoms with Crippen LogP contribution in [0.1, 0.15) is 44.2 Å². The second-order valence-electron chi connectivity index (χ2n) is 9.58. The van der Waals surface area contributed by atoms with E-state index in [0.29, 0.717) is 17.6 Å². The molecule has 1 aromatic carbocycles. The van der Waals surface area contributed by atoms with Crippen molar-refractivity contribution in [2.75, 3.05) is 44.7 Å². The van der Waals surface area contributed by atoms with Crippen LogP contribution in [0, 0.1) is 17.2 Å². The predicted octanol–water partition coefficient (Wildman–Crippen LogP) is 3.56. The standard InChI is InChI=1S/C26H36N6O/c1-20-17-31(26-28-15-24(14-27)16-29-26)18-21(2)32(20)13-10-22-8-11-30(12-9-22)19-23-4-6-25(33-3)7-5-23/h4-7,15-16,20-22H,8-13,17-19H2,1-3H3/t20-,21+. The van der Waals surface area contributed by atoms with Crippen molar-refractivity contribution >= 4 is 5.95 Å². The number of piperidine rings is 1. The minimum absolute atomic E-state index is 0.461. The molecular weight excluding hydrogens is 412 g/mol. The number of likely N-dealkylation sites (tertiary alicyclic amines) is 1. The summed E-state index contributed by atoms with van der Waals surface area (Å²) in [7, 11) is 1.71.